The van der Waals surface area contributed by atoms with Gasteiger partial charge in [-0.3, -0.25) is 4.79 Å². The number of hydrogen-bond acceptors (Lipinski definition) is 4. The lowest BCUT2D eigenvalue weighted by Gasteiger charge is -2.34. The predicted molar refractivity (Wildman–Crippen MR) is 109 cm³/mol. The van der Waals surface area contributed by atoms with Crippen molar-refractivity contribution in [3.63, 3.8) is 0 Å². The summed E-state index contributed by atoms with van der Waals surface area (Å²) in [6.45, 7) is 4.28. The highest BCUT2D eigenvalue weighted by molar-refractivity contribution is 6.32. The van der Waals surface area contributed by atoms with Gasteiger partial charge < -0.3 is 15.4 Å². The molecule has 2 aromatic carbocycles. The molecule has 0 unspecified atom stereocenters. The third-order valence-corrected chi connectivity index (χ3v) is 5.53. The lowest BCUT2D eigenvalue weighted by Crippen LogP contribution is -2.31. The fourth-order valence-electron chi connectivity index (χ4n) is 4.00. The van der Waals surface area contributed by atoms with Crippen LogP contribution >= 0.6 is 11.6 Å². The molecule has 2 aromatic rings. The zero-order valence-electron chi connectivity index (χ0n) is 15.7. The molecular formula is C22H23ClN2O2. The van der Waals surface area contributed by atoms with Crippen molar-refractivity contribution in [1.82, 2.24) is 0 Å². The van der Waals surface area contributed by atoms with Gasteiger partial charge in [0.1, 0.15) is 5.75 Å². The Morgan fingerprint density at radius 2 is 1.85 bits per heavy atom. The van der Waals surface area contributed by atoms with Crippen LogP contribution in [0.3, 0.4) is 0 Å². The number of ether oxygens (including phenoxy) is 1. The third-order valence-electron chi connectivity index (χ3n) is 5.23. The summed E-state index contributed by atoms with van der Waals surface area (Å²) in [5.41, 5.74) is 4.62. The van der Waals surface area contributed by atoms with Gasteiger partial charge in [0.15, 0.2) is 5.78 Å². The molecule has 0 saturated carbocycles. The number of allylic oxidation sites excluding steroid dienone is 1. The quantitative estimate of drug-likeness (QED) is 0.712. The van der Waals surface area contributed by atoms with Gasteiger partial charge >= 0.3 is 0 Å². The van der Waals surface area contributed by atoms with Crippen molar-refractivity contribution < 1.29 is 9.53 Å². The number of ketones is 1. The summed E-state index contributed by atoms with van der Waals surface area (Å²) >= 11 is 6.38. The second-order valence-corrected chi connectivity index (χ2v) is 8.38. The van der Waals surface area contributed by atoms with Crippen molar-refractivity contribution in [2.75, 3.05) is 17.7 Å². The minimum atomic E-state index is -0.261. The normalized spacial score (nSPS) is 20.7. The van der Waals surface area contributed by atoms with E-state index in [1.54, 1.807) is 7.11 Å². The number of carbonyl (C=O) groups is 1. The highest BCUT2D eigenvalue weighted by Gasteiger charge is 2.38. The third kappa shape index (κ3) is 3.30. The fourth-order valence-corrected chi connectivity index (χ4v) is 4.27. The fraction of sp³-hybridized carbons (Fsp3) is 0.318. The van der Waals surface area contributed by atoms with E-state index in [9.17, 15) is 4.79 Å². The smallest absolute Gasteiger partial charge is 0.163 e. The van der Waals surface area contributed by atoms with Crippen molar-refractivity contribution in [2.45, 2.75) is 32.7 Å². The summed E-state index contributed by atoms with van der Waals surface area (Å²) in [6.07, 6.45) is 1.36. The first-order valence-corrected chi connectivity index (χ1v) is 9.48. The Morgan fingerprint density at radius 3 is 2.56 bits per heavy atom. The van der Waals surface area contributed by atoms with Crippen LogP contribution in [0.1, 0.15) is 38.3 Å². The number of rotatable bonds is 2. The van der Waals surface area contributed by atoms with Crippen LogP contribution in [0.4, 0.5) is 11.4 Å². The lowest BCUT2D eigenvalue weighted by atomic mass is 9.73. The Bertz CT molecular complexity index is 949. The molecule has 4 rings (SSSR count). The van der Waals surface area contributed by atoms with E-state index in [0.29, 0.717) is 17.2 Å². The molecule has 4 nitrogen and oxygen atoms in total. The van der Waals surface area contributed by atoms with E-state index in [-0.39, 0.29) is 17.2 Å². The Hall–Kier alpha value is -2.46. The van der Waals surface area contributed by atoms with Crippen LogP contribution in [0.2, 0.25) is 5.02 Å². The van der Waals surface area contributed by atoms with Crippen LogP contribution in [-0.4, -0.2) is 12.9 Å². The van der Waals surface area contributed by atoms with Crippen LogP contribution in [0.15, 0.2) is 53.7 Å². The van der Waals surface area contributed by atoms with Crippen LogP contribution in [0.25, 0.3) is 0 Å². The van der Waals surface area contributed by atoms with E-state index in [2.05, 4.69) is 24.5 Å². The molecule has 0 fully saturated rings. The van der Waals surface area contributed by atoms with Crippen molar-refractivity contribution in [1.29, 1.82) is 0 Å². The topological polar surface area (TPSA) is 50.4 Å². The number of para-hydroxylation sites is 2. The van der Waals surface area contributed by atoms with Gasteiger partial charge in [0.25, 0.3) is 0 Å². The first-order valence-electron chi connectivity index (χ1n) is 9.10. The number of carbonyl (C=O) groups excluding carboxylic acids is 1. The molecule has 2 N–H and O–H groups in total. The van der Waals surface area contributed by atoms with Gasteiger partial charge in [0.2, 0.25) is 0 Å². The minimum Gasteiger partial charge on any atom is -0.495 e. The van der Waals surface area contributed by atoms with E-state index >= 15 is 0 Å². The summed E-state index contributed by atoms with van der Waals surface area (Å²) < 4.78 is 5.28. The number of anilines is 2. The van der Waals surface area contributed by atoms with Crippen molar-refractivity contribution >= 4 is 28.8 Å². The predicted octanol–water partition coefficient (Wildman–Crippen LogP) is 5.57. The molecule has 1 heterocycles. The Balaban J connectivity index is 1.87. The molecule has 0 spiro atoms. The number of halogens is 1. The molecule has 1 aliphatic carbocycles. The lowest BCUT2D eigenvalue weighted by molar-refractivity contribution is -0.118. The molecule has 0 saturated heterocycles. The summed E-state index contributed by atoms with van der Waals surface area (Å²) in [5, 5.41) is 7.61. The van der Waals surface area contributed by atoms with Crippen LogP contribution in [-0.2, 0) is 4.79 Å². The molecule has 2 aliphatic rings. The van der Waals surface area contributed by atoms with Gasteiger partial charge in [-0.2, -0.15) is 0 Å². The van der Waals surface area contributed by atoms with Gasteiger partial charge in [-0.25, -0.2) is 0 Å². The van der Waals surface area contributed by atoms with Crippen molar-refractivity contribution in [2.24, 2.45) is 5.41 Å². The van der Waals surface area contributed by atoms with E-state index < -0.39 is 0 Å². The molecule has 5 heteroatoms. The number of hydrogen-bond donors (Lipinski definition) is 2. The summed E-state index contributed by atoms with van der Waals surface area (Å²) in [7, 11) is 1.60. The van der Waals surface area contributed by atoms with Gasteiger partial charge in [-0.05, 0) is 41.7 Å². The average molecular weight is 383 g/mol. The first kappa shape index (κ1) is 17.9. The molecule has 1 atom stereocenters. The molecule has 0 amide bonds. The maximum atomic E-state index is 13.1. The molecule has 140 valence electrons. The highest BCUT2D eigenvalue weighted by Crippen LogP contribution is 2.45. The summed E-state index contributed by atoms with van der Waals surface area (Å²) in [6, 6.07) is 13.5. The van der Waals surface area contributed by atoms with Crippen LogP contribution in [0, 0.1) is 5.41 Å². The minimum absolute atomic E-state index is 0.0652. The number of fused-ring (bicyclic) bond motifs is 1. The Kier molecular flexibility index (Phi) is 4.39. The second-order valence-electron chi connectivity index (χ2n) is 7.98. The summed E-state index contributed by atoms with van der Waals surface area (Å²) in [4.78, 5) is 13.1. The summed E-state index contributed by atoms with van der Waals surface area (Å²) in [5.74, 6) is 0.795. The number of benzene rings is 2. The van der Waals surface area contributed by atoms with E-state index in [0.717, 1.165) is 34.6 Å². The van der Waals surface area contributed by atoms with Crippen molar-refractivity contribution in [3.8, 4) is 5.75 Å². The van der Waals surface area contributed by atoms with Crippen LogP contribution in [0.5, 0.6) is 5.75 Å². The van der Waals surface area contributed by atoms with E-state index in [1.165, 1.54) is 0 Å². The highest BCUT2D eigenvalue weighted by atomic mass is 35.5. The van der Waals surface area contributed by atoms with E-state index in [4.69, 9.17) is 16.3 Å². The van der Waals surface area contributed by atoms with Crippen LogP contribution < -0.4 is 15.4 Å². The SMILES string of the molecule is COc1ccc([C@@H]2Nc3ccccc3NC3=C2C(=O)CC(C)(C)C3)cc1Cl. The molecule has 0 bridgehead atoms. The van der Waals surface area contributed by atoms with Gasteiger partial charge in [-0.1, -0.05) is 43.6 Å². The molecular weight excluding hydrogens is 360 g/mol. The Labute approximate surface area is 164 Å². The number of methoxy groups -OCH3 is 1. The second kappa shape index (κ2) is 6.61. The largest absolute Gasteiger partial charge is 0.495 e. The zero-order valence-corrected chi connectivity index (χ0v) is 16.5. The number of Topliss-reactive ketones (excluding diaryl/α,β-unsaturated/α-hetero) is 1. The Morgan fingerprint density at radius 1 is 1.11 bits per heavy atom. The standard InChI is InChI=1S/C22H23ClN2O2/c1-22(2)11-17-20(18(26)12-22)21(13-8-9-19(27-3)14(23)10-13)25-16-7-5-4-6-15(16)24-17/h4-10,21,24-25H,11-12H2,1-3H3/t21-/m0/s1. The average Bonchev–Trinajstić information content (AvgIpc) is 2.77. The van der Waals surface area contributed by atoms with Gasteiger partial charge in [0, 0.05) is 17.7 Å². The maximum absolute atomic E-state index is 13.1. The molecule has 1 aliphatic heterocycles. The molecule has 0 aromatic heterocycles. The zero-order chi connectivity index (χ0) is 19.2. The number of nitrogens with one attached hydrogen (secondary N) is 2. The van der Waals surface area contributed by atoms with Crippen molar-refractivity contribution in [3.05, 3.63) is 64.3 Å². The van der Waals surface area contributed by atoms with Gasteiger partial charge in [0.05, 0.1) is 29.5 Å². The molecule has 0 radical (unpaired) electrons. The van der Waals surface area contributed by atoms with E-state index in [1.807, 2.05) is 42.5 Å². The van der Waals surface area contributed by atoms with Gasteiger partial charge in [-0.15, -0.1) is 0 Å². The molecule has 27 heavy (non-hydrogen) atoms. The monoisotopic (exact) mass is 382 g/mol. The maximum Gasteiger partial charge on any atom is 0.163 e. The first-order chi connectivity index (χ1) is 12.9.